The van der Waals surface area contributed by atoms with Crippen molar-refractivity contribution in [3.05, 3.63) is 51.8 Å². The maximum Gasteiger partial charge on any atom is 0.267 e. The molecule has 1 aromatic heterocycles. The third-order valence-electron chi connectivity index (χ3n) is 4.68. The van der Waals surface area contributed by atoms with Gasteiger partial charge in [0.2, 0.25) is 5.91 Å². The van der Waals surface area contributed by atoms with Gasteiger partial charge in [-0.15, -0.1) is 0 Å². The Morgan fingerprint density at radius 3 is 2.62 bits per heavy atom. The number of nitrogens with zero attached hydrogens (tertiary/aromatic N) is 2. The number of carbonyl (C=O) groups excluding carboxylic acids is 1. The molecule has 3 rings (SSSR count). The zero-order chi connectivity index (χ0) is 17.1. The highest BCUT2D eigenvalue weighted by atomic mass is 16.2. The van der Waals surface area contributed by atoms with Crippen LogP contribution in [-0.4, -0.2) is 21.7 Å². The van der Waals surface area contributed by atoms with Crippen molar-refractivity contribution in [2.75, 3.05) is 0 Å². The molecule has 1 N–H and O–H groups in total. The lowest BCUT2D eigenvalue weighted by Crippen LogP contribution is -2.38. The molecule has 0 bridgehead atoms. The summed E-state index contributed by atoms with van der Waals surface area (Å²) in [4.78, 5) is 24.2. The van der Waals surface area contributed by atoms with Gasteiger partial charge in [-0.05, 0) is 49.9 Å². The summed E-state index contributed by atoms with van der Waals surface area (Å²) in [5.74, 6) is -0.145. The minimum atomic E-state index is -0.260. The number of nitrogens with one attached hydrogen (secondary N) is 1. The molecule has 24 heavy (non-hydrogen) atoms. The molecule has 126 valence electrons. The fraction of sp³-hybridized carbons (Fsp3) is 0.421. The highest BCUT2D eigenvalue weighted by molar-refractivity contribution is 5.76. The molecule has 0 atom stereocenters. The second-order valence-corrected chi connectivity index (χ2v) is 6.56. The molecule has 5 nitrogen and oxygen atoms in total. The summed E-state index contributed by atoms with van der Waals surface area (Å²) in [6.45, 7) is 4.07. The number of aryl methyl sites for hydroxylation is 2. The lowest BCUT2D eigenvalue weighted by atomic mass is 10.0. The smallest absolute Gasteiger partial charge is 0.267 e. The Bertz CT molecular complexity index is 804. The normalized spacial score (nSPS) is 14.8. The maximum atomic E-state index is 12.2. The van der Waals surface area contributed by atoms with Crippen LogP contribution in [0.25, 0.3) is 11.3 Å². The van der Waals surface area contributed by atoms with Crippen LogP contribution in [0.5, 0.6) is 0 Å². The van der Waals surface area contributed by atoms with E-state index in [1.807, 2.05) is 25.1 Å². The summed E-state index contributed by atoms with van der Waals surface area (Å²) in [6.07, 6.45) is 4.37. The molecule has 1 fully saturated rings. The highest BCUT2D eigenvalue weighted by Gasteiger charge is 2.17. The van der Waals surface area contributed by atoms with Crippen LogP contribution >= 0.6 is 0 Å². The topological polar surface area (TPSA) is 64.0 Å². The fourth-order valence-corrected chi connectivity index (χ4v) is 3.10. The van der Waals surface area contributed by atoms with Crippen molar-refractivity contribution in [3.63, 3.8) is 0 Å². The van der Waals surface area contributed by atoms with Crippen LogP contribution in [-0.2, 0) is 11.3 Å². The number of amides is 1. The Kier molecular flexibility index (Phi) is 4.79. The number of hydrogen-bond donors (Lipinski definition) is 1. The molecule has 1 saturated carbocycles. The van der Waals surface area contributed by atoms with E-state index in [-0.39, 0.29) is 24.1 Å². The van der Waals surface area contributed by atoms with E-state index < -0.39 is 0 Å². The van der Waals surface area contributed by atoms with Gasteiger partial charge in [0.1, 0.15) is 6.54 Å². The number of rotatable bonds is 4. The summed E-state index contributed by atoms with van der Waals surface area (Å²) < 4.78 is 1.24. The molecule has 0 spiro atoms. The average Bonchev–Trinajstić information content (AvgIpc) is 3.05. The van der Waals surface area contributed by atoms with Gasteiger partial charge in [0.05, 0.1) is 5.69 Å². The number of carbonyl (C=O) groups is 1. The van der Waals surface area contributed by atoms with Gasteiger partial charge < -0.3 is 5.32 Å². The Hall–Kier alpha value is -2.43. The van der Waals surface area contributed by atoms with E-state index in [4.69, 9.17) is 0 Å². The van der Waals surface area contributed by atoms with Gasteiger partial charge in [0, 0.05) is 17.7 Å². The molecule has 1 aliphatic carbocycles. The van der Waals surface area contributed by atoms with Crippen LogP contribution in [0.3, 0.4) is 0 Å². The Morgan fingerprint density at radius 2 is 1.92 bits per heavy atom. The fourth-order valence-electron chi connectivity index (χ4n) is 3.10. The summed E-state index contributed by atoms with van der Waals surface area (Å²) in [5.41, 5.74) is 3.77. The van der Waals surface area contributed by atoms with E-state index in [1.54, 1.807) is 6.07 Å². The molecule has 1 amide bonds. The maximum absolute atomic E-state index is 12.2. The van der Waals surface area contributed by atoms with Gasteiger partial charge in [-0.2, -0.15) is 5.10 Å². The monoisotopic (exact) mass is 325 g/mol. The molecule has 0 saturated heterocycles. The van der Waals surface area contributed by atoms with E-state index >= 15 is 0 Å². The van der Waals surface area contributed by atoms with Gasteiger partial charge in [0.25, 0.3) is 5.56 Å². The first-order valence-electron chi connectivity index (χ1n) is 8.48. The van der Waals surface area contributed by atoms with Crippen molar-refractivity contribution in [2.45, 2.75) is 52.1 Å². The standard InChI is InChI=1S/C19H23N3O2/c1-13-7-8-15(11-14(13)2)17-9-10-19(24)22(21-17)12-18(23)20-16-5-3-4-6-16/h7-11,16H,3-6,12H2,1-2H3,(H,20,23). The first kappa shape index (κ1) is 16.4. The van der Waals surface area contributed by atoms with Crippen molar-refractivity contribution >= 4 is 5.91 Å². The molecule has 0 radical (unpaired) electrons. The molecule has 1 aromatic carbocycles. The molecular formula is C19H23N3O2. The van der Waals surface area contributed by atoms with Crippen molar-refractivity contribution < 1.29 is 4.79 Å². The average molecular weight is 325 g/mol. The summed E-state index contributed by atoms with van der Waals surface area (Å²) in [5, 5.41) is 7.36. The predicted octanol–water partition coefficient (Wildman–Crippen LogP) is 2.59. The van der Waals surface area contributed by atoms with Gasteiger partial charge >= 0.3 is 0 Å². The quantitative estimate of drug-likeness (QED) is 0.940. The number of aromatic nitrogens is 2. The zero-order valence-electron chi connectivity index (χ0n) is 14.2. The Morgan fingerprint density at radius 1 is 1.17 bits per heavy atom. The minimum Gasteiger partial charge on any atom is -0.352 e. The molecule has 1 heterocycles. The van der Waals surface area contributed by atoms with Crippen molar-refractivity contribution in [1.29, 1.82) is 0 Å². The Labute approximate surface area is 141 Å². The molecule has 2 aromatic rings. The van der Waals surface area contributed by atoms with Crippen LogP contribution in [0.15, 0.2) is 35.1 Å². The van der Waals surface area contributed by atoms with Gasteiger partial charge in [-0.3, -0.25) is 9.59 Å². The minimum absolute atomic E-state index is 0.0337. The SMILES string of the molecule is Cc1ccc(-c2ccc(=O)n(CC(=O)NC3CCCC3)n2)cc1C. The third kappa shape index (κ3) is 3.72. The first-order chi connectivity index (χ1) is 11.5. The molecule has 0 unspecified atom stereocenters. The van der Waals surface area contributed by atoms with E-state index in [1.165, 1.54) is 21.9 Å². The Balaban J connectivity index is 1.79. The van der Waals surface area contributed by atoms with E-state index in [0.29, 0.717) is 5.69 Å². The molecule has 5 heteroatoms. The van der Waals surface area contributed by atoms with E-state index in [2.05, 4.69) is 17.3 Å². The van der Waals surface area contributed by atoms with E-state index in [9.17, 15) is 9.59 Å². The van der Waals surface area contributed by atoms with Gasteiger partial charge in [-0.25, -0.2) is 4.68 Å². The van der Waals surface area contributed by atoms with Crippen molar-refractivity contribution in [2.24, 2.45) is 0 Å². The lowest BCUT2D eigenvalue weighted by molar-refractivity contribution is -0.122. The van der Waals surface area contributed by atoms with Crippen LogP contribution in [0.1, 0.15) is 36.8 Å². The van der Waals surface area contributed by atoms with E-state index in [0.717, 1.165) is 31.2 Å². The number of hydrogen-bond acceptors (Lipinski definition) is 3. The zero-order valence-corrected chi connectivity index (χ0v) is 14.2. The molecule has 1 aliphatic rings. The van der Waals surface area contributed by atoms with Crippen molar-refractivity contribution in [3.8, 4) is 11.3 Å². The second-order valence-electron chi connectivity index (χ2n) is 6.56. The molecular weight excluding hydrogens is 302 g/mol. The summed E-state index contributed by atoms with van der Waals surface area (Å²) in [7, 11) is 0. The van der Waals surface area contributed by atoms with Crippen LogP contribution in [0.4, 0.5) is 0 Å². The highest BCUT2D eigenvalue weighted by Crippen LogP contribution is 2.19. The summed E-state index contributed by atoms with van der Waals surface area (Å²) >= 11 is 0. The summed E-state index contributed by atoms with van der Waals surface area (Å²) in [6, 6.07) is 9.49. The van der Waals surface area contributed by atoms with Gasteiger partial charge in [0.15, 0.2) is 0 Å². The van der Waals surface area contributed by atoms with Crippen LogP contribution in [0.2, 0.25) is 0 Å². The largest absolute Gasteiger partial charge is 0.352 e. The predicted molar refractivity (Wildman–Crippen MR) is 93.8 cm³/mol. The number of benzene rings is 1. The van der Waals surface area contributed by atoms with Gasteiger partial charge in [-0.1, -0.05) is 25.0 Å². The van der Waals surface area contributed by atoms with Crippen molar-refractivity contribution in [1.82, 2.24) is 15.1 Å². The first-order valence-corrected chi connectivity index (χ1v) is 8.48. The molecule has 0 aliphatic heterocycles. The second kappa shape index (κ2) is 6.99. The lowest BCUT2D eigenvalue weighted by Gasteiger charge is -2.13. The van der Waals surface area contributed by atoms with Crippen LogP contribution in [0, 0.1) is 13.8 Å². The third-order valence-corrected chi connectivity index (χ3v) is 4.68. The van der Waals surface area contributed by atoms with Crippen LogP contribution < -0.4 is 10.9 Å².